The molecule has 0 heterocycles. The maximum absolute atomic E-state index is 13.3. The molecule has 1 aromatic rings. The molecule has 0 aliphatic heterocycles. The molecule has 0 radical (unpaired) electrons. The van der Waals surface area contributed by atoms with Crippen LogP contribution in [0.3, 0.4) is 0 Å². The van der Waals surface area contributed by atoms with E-state index in [-0.39, 0.29) is 18.2 Å². The number of benzene rings is 1. The van der Waals surface area contributed by atoms with Crippen molar-refractivity contribution >= 4 is 11.6 Å². The Labute approximate surface area is 94.0 Å². The van der Waals surface area contributed by atoms with Gasteiger partial charge in [-0.15, -0.1) is 0 Å². The minimum Gasteiger partial charge on any atom is -0.494 e. The molecule has 16 heavy (non-hydrogen) atoms. The number of halogens is 1. The van der Waals surface area contributed by atoms with E-state index < -0.39 is 5.82 Å². The molecule has 0 aliphatic rings. The number of rotatable bonds is 4. The van der Waals surface area contributed by atoms with Crippen molar-refractivity contribution in [2.75, 3.05) is 33.1 Å². The predicted molar refractivity (Wildman–Crippen MR) is 60.1 cm³/mol. The second-order valence-electron chi connectivity index (χ2n) is 3.49. The molecular formula is C11H15FN2O2. The zero-order valence-electron chi connectivity index (χ0n) is 9.58. The van der Waals surface area contributed by atoms with Crippen LogP contribution in [0.5, 0.6) is 5.75 Å². The Bertz CT molecular complexity index is 380. The minimum absolute atomic E-state index is 0.0729. The summed E-state index contributed by atoms with van der Waals surface area (Å²) in [7, 11) is 4.73. The third-order valence-corrected chi connectivity index (χ3v) is 2.09. The van der Waals surface area contributed by atoms with E-state index in [0.29, 0.717) is 5.69 Å². The van der Waals surface area contributed by atoms with Crippen molar-refractivity contribution in [3.05, 3.63) is 24.0 Å². The van der Waals surface area contributed by atoms with E-state index in [4.69, 9.17) is 4.74 Å². The quantitative estimate of drug-likeness (QED) is 0.842. The van der Waals surface area contributed by atoms with E-state index in [2.05, 4.69) is 5.32 Å². The summed E-state index contributed by atoms with van der Waals surface area (Å²) in [5.41, 5.74) is 0.550. The second-order valence-corrected chi connectivity index (χ2v) is 3.49. The average Bonchev–Trinajstić information content (AvgIpc) is 2.25. The summed E-state index contributed by atoms with van der Waals surface area (Å²) >= 11 is 0. The van der Waals surface area contributed by atoms with E-state index in [9.17, 15) is 9.18 Å². The molecule has 1 aromatic carbocycles. The molecule has 0 aromatic heterocycles. The molecule has 1 N–H and O–H groups in total. The zero-order chi connectivity index (χ0) is 12.1. The first-order valence-corrected chi connectivity index (χ1v) is 4.82. The van der Waals surface area contributed by atoms with Crippen LogP contribution >= 0.6 is 0 Å². The van der Waals surface area contributed by atoms with Crippen molar-refractivity contribution in [1.29, 1.82) is 0 Å². The fraction of sp³-hybridized carbons (Fsp3) is 0.364. The number of hydrogen-bond donors (Lipinski definition) is 1. The van der Waals surface area contributed by atoms with Crippen LogP contribution in [0.15, 0.2) is 18.2 Å². The number of ether oxygens (including phenoxy) is 1. The monoisotopic (exact) mass is 226 g/mol. The maximum atomic E-state index is 13.3. The third-order valence-electron chi connectivity index (χ3n) is 2.09. The number of hydrogen-bond acceptors (Lipinski definition) is 3. The van der Waals surface area contributed by atoms with Gasteiger partial charge in [0.15, 0.2) is 11.6 Å². The van der Waals surface area contributed by atoms with Gasteiger partial charge in [-0.2, -0.15) is 0 Å². The van der Waals surface area contributed by atoms with Gasteiger partial charge >= 0.3 is 0 Å². The molecule has 0 atom stereocenters. The third kappa shape index (κ3) is 3.12. The van der Waals surface area contributed by atoms with Gasteiger partial charge in [0.1, 0.15) is 0 Å². The van der Waals surface area contributed by atoms with Gasteiger partial charge in [-0.25, -0.2) is 4.39 Å². The van der Waals surface area contributed by atoms with Gasteiger partial charge in [-0.05, 0) is 12.1 Å². The summed E-state index contributed by atoms with van der Waals surface area (Å²) in [6.07, 6.45) is 0. The summed E-state index contributed by atoms with van der Waals surface area (Å²) in [5.74, 6) is -0.342. The van der Waals surface area contributed by atoms with Crippen molar-refractivity contribution < 1.29 is 13.9 Å². The number of carbonyl (C=O) groups excluding carboxylic acids is 1. The number of carbonyl (C=O) groups is 1. The first-order chi connectivity index (χ1) is 7.54. The lowest BCUT2D eigenvalue weighted by atomic mass is 10.3. The van der Waals surface area contributed by atoms with Crippen LogP contribution in [0.4, 0.5) is 10.1 Å². The van der Waals surface area contributed by atoms with Crippen molar-refractivity contribution in [2.24, 2.45) is 0 Å². The average molecular weight is 226 g/mol. The van der Waals surface area contributed by atoms with Crippen LogP contribution in [-0.2, 0) is 4.79 Å². The predicted octanol–water partition coefficient (Wildman–Crippen LogP) is 1.33. The number of nitrogens with one attached hydrogen (secondary N) is 1. The molecule has 5 heteroatoms. The van der Waals surface area contributed by atoms with Crippen molar-refractivity contribution in [2.45, 2.75) is 0 Å². The van der Waals surface area contributed by atoms with Crippen LogP contribution < -0.4 is 10.1 Å². The smallest absolute Gasteiger partial charge is 0.241 e. The molecule has 0 saturated heterocycles. The van der Waals surface area contributed by atoms with Crippen molar-refractivity contribution in [3.8, 4) is 5.75 Å². The highest BCUT2D eigenvalue weighted by Crippen LogP contribution is 2.20. The normalized spacial score (nSPS) is 9.75. The molecule has 0 saturated carbocycles. The zero-order valence-corrected chi connectivity index (χ0v) is 9.58. The molecule has 0 aliphatic carbocycles. The number of amides is 1. The molecule has 0 spiro atoms. The van der Waals surface area contributed by atoms with Gasteiger partial charge in [0.25, 0.3) is 0 Å². The van der Waals surface area contributed by atoms with E-state index in [1.807, 2.05) is 0 Å². The van der Waals surface area contributed by atoms with Gasteiger partial charge in [-0.3, -0.25) is 4.79 Å². The Kier molecular flexibility index (Phi) is 4.10. The lowest BCUT2D eigenvalue weighted by Gasteiger charge is -2.12. The van der Waals surface area contributed by atoms with Crippen molar-refractivity contribution in [3.63, 3.8) is 0 Å². The fourth-order valence-electron chi connectivity index (χ4n) is 1.11. The van der Waals surface area contributed by atoms with E-state index in [1.165, 1.54) is 24.1 Å². The highest BCUT2D eigenvalue weighted by molar-refractivity contribution is 5.80. The first-order valence-electron chi connectivity index (χ1n) is 4.82. The number of likely N-dealkylation sites (N-methyl/N-ethyl adjacent to an activating group) is 1. The minimum atomic E-state index is -0.454. The van der Waals surface area contributed by atoms with Crippen LogP contribution in [0.25, 0.3) is 0 Å². The van der Waals surface area contributed by atoms with Gasteiger partial charge < -0.3 is 15.0 Å². The molecule has 1 rings (SSSR count). The van der Waals surface area contributed by atoms with Crippen LogP contribution in [0.2, 0.25) is 0 Å². The first kappa shape index (κ1) is 12.3. The molecule has 0 unspecified atom stereocenters. The molecular weight excluding hydrogens is 211 g/mol. The lowest BCUT2D eigenvalue weighted by molar-refractivity contribution is -0.126. The van der Waals surface area contributed by atoms with Gasteiger partial charge in [-0.1, -0.05) is 0 Å². The SMILES string of the molecule is COc1ccc(NCC(=O)N(C)C)cc1F. The molecule has 4 nitrogen and oxygen atoms in total. The molecule has 88 valence electrons. The fourth-order valence-corrected chi connectivity index (χ4v) is 1.11. The van der Waals surface area contributed by atoms with Crippen LogP contribution in [0.1, 0.15) is 0 Å². The van der Waals surface area contributed by atoms with Crippen molar-refractivity contribution in [1.82, 2.24) is 4.90 Å². The summed E-state index contributed by atoms with van der Waals surface area (Å²) in [6.45, 7) is 0.138. The van der Waals surface area contributed by atoms with Crippen LogP contribution in [0, 0.1) is 5.82 Å². The highest BCUT2D eigenvalue weighted by atomic mass is 19.1. The summed E-state index contributed by atoms with van der Waals surface area (Å²) in [4.78, 5) is 12.7. The summed E-state index contributed by atoms with van der Waals surface area (Å²) in [6, 6.07) is 4.46. The Balaban J connectivity index is 2.62. The van der Waals surface area contributed by atoms with Crippen LogP contribution in [-0.4, -0.2) is 38.6 Å². The van der Waals surface area contributed by atoms with E-state index in [1.54, 1.807) is 20.2 Å². The van der Waals surface area contributed by atoms with E-state index >= 15 is 0 Å². The standard InChI is InChI=1S/C11H15FN2O2/c1-14(2)11(15)7-13-8-4-5-10(16-3)9(12)6-8/h4-6,13H,7H2,1-3H3. The molecule has 0 bridgehead atoms. The molecule has 0 fully saturated rings. The van der Waals surface area contributed by atoms with Gasteiger partial charge in [0, 0.05) is 25.8 Å². The summed E-state index contributed by atoms with van der Waals surface area (Å²) < 4.78 is 18.1. The molecule has 1 amide bonds. The second kappa shape index (κ2) is 5.34. The number of nitrogens with zero attached hydrogens (tertiary/aromatic N) is 1. The maximum Gasteiger partial charge on any atom is 0.241 e. The number of methoxy groups -OCH3 is 1. The Morgan fingerprint density at radius 3 is 2.69 bits per heavy atom. The highest BCUT2D eigenvalue weighted by Gasteiger charge is 2.06. The Morgan fingerprint density at radius 2 is 2.19 bits per heavy atom. The largest absolute Gasteiger partial charge is 0.494 e. The Morgan fingerprint density at radius 1 is 1.50 bits per heavy atom. The number of anilines is 1. The lowest BCUT2D eigenvalue weighted by Crippen LogP contribution is -2.28. The van der Waals surface area contributed by atoms with E-state index in [0.717, 1.165) is 0 Å². The topological polar surface area (TPSA) is 41.6 Å². The Hall–Kier alpha value is -1.78. The summed E-state index contributed by atoms with van der Waals surface area (Å²) in [5, 5.41) is 2.83. The van der Waals surface area contributed by atoms with Gasteiger partial charge in [0.2, 0.25) is 5.91 Å². The van der Waals surface area contributed by atoms with Gasteiger partial charge in [0.05, 0.1) is 13.7 Å².